The second-order valence-corrected chi connectivity index (χ2v) is 5.90. The molecule has 0 radical (unpaired) electrons. The number of rotatable bonds is 6. The summed E-state index contributed by atoms with van der Waals surface area (Å²) in [6.07, 6.45) is 1.95. The van der Waals surface area contributed by atoms with E-state index in [1.807, 2.05) is 54.6 Å². The van der Waals surface area contributed by atoms with Gasteiger partial charge in [-0.2, -0.15) is 4.98 Å². The van der Waals surface area contributed by atoms with Gasteiger partial charge in [-0.1, -0.05) is 42.8 Å². The summed E-state index contributed by atoms with van der Waals surface area (Å²) < 4.78 is 0. The average molecular weight is 368 g/mol. The highest BCUT2D eigenvalue weighted by atomic mass is 35.5. The van der Waals surface area contributed by atoms with E-state index in [2.05, 4.69) is 25.9 Å². The number of aromatic nitrogens is 2. The van der Waals surface area contributed by atoms with Crippen LogP contribution in [0.3, 0.4) is 0 Å². The number of para-hydroxylation sites is 1. The third kappa shape index (κ3) is 4.70. The number of amides is 1. The van der Waals surface area contributed by atoms with Gasteiger partial charge in [-0.3, -0.25) is 4.79 Å². The minimum atomic E-state index is -0.0448. The number of halogens is 1. The van der Waals surface area contributed by atoms with Crippen LogP contribution in [-0.4, -0.2) is 15.9 Å². The molecule has 1 aromatic heterocycles. The van der Waals surface area contributed by atoms with Crippen molar-refractivity contribution < 1.29 is 4.79 Å². The van der Waals surface area contributed by atoms with E-state index in [0.717, 1.165) is 11.4 Å². The molecule has 0 saturated carbocycles. The van der Waals surface area contributed by atoms with Gasteiger partial charge in [-0.05, 0) is 30.3 Å². The van der Waals surface area contributed by atoms with Crippen molar-refractivity contribution in [3.05, 3.63) is 65.8 Å². The molecule has 0 fully saturated rings. The maximum absolute atomic E-state index is 11.5. The van der Waals surface area contributed by atoms with Gasteiger partial charge in [0.15, 0.2) is 5.82 Å². The van der Waals surface area contributed by atoms with Crippen LogP contribution in [0, 0.1) is 0 Å². The lowest BCUT2D eigenvalue weighted by Crippen LogP contribution is -2.09. The molecule has 0 atom stereocenters. The third-order valence-electron chi connectivity index (χ3n) is 3.50. The average Bonchev–Trinajstić information content (AvgIpc) is 2.65. The highest BCUT2D eigenvalue weighted by Gasteiger charge is 2.07. The lowest BCUT2D eigenvalue weighted by Gasteiger charge is -2.11. The first kappa shape index (κ1) is 17.7. The van der Waals surface area contributed by atoms with E-state index < -0.39 is 0 Å². The number of nitrogens with one attached hydrogen (secondary N) is 3. The molecule has 1 heterocycles. The molecule has 0 aliphatic rings. The molecule has 0 spiro atoms. The molecule has 3 aromatic rings. The highest BCUT2D eigenvalue weighted by molar-refractivity contribution is 6.32. The summed E-state index contributed by atoms with van der Waals surface area (Å²) in [5, 5.41) is 9.49. The Morgan fingerprint density at radius 3 is 2.50 bits per heavy atom. The van der Waals surface area contributed by atoms with Gasteiger partial charge in [-0.25, -0.2) is 4.98 Å². The van der Waals surface area contributed by atoms with E-state index in [1.165, 1.54) is 6.20 Å². The monoisotopic (exact) mass is 367 g/mol. The molecule has 0 saturated heterocycles. The van der Waals surface area contributed by atoms with Gasteiger partial charge < -0.3 is 16.0 Å². The van der Waals surface area contributed by atoms with Crippen molar-refractivity contribution >= 4 is 46.3 Å². The van der Waals surface area contributed by atoms with Crippen LogP contribution in [0.4, 0.5) is 28.8 Å². The van der Waals surface area contributed by atoms with Crippen molar-refractivity contribution in [3.8, 4) is 0 Å². The van der Waals surface area contributed by atoms with E-state index >= 15 is 0 Å². The first-order chi connectivity index (χ1) is 12.6. The fraction of sp³-hybridized carbons (Fsp3) is 0.105. The zero-order valence-electron chi connectivity index (χ0n) is 14.2. The van der Waals surface area contributed by atoms with Gasteiger partial charge in [0.05, 0.1) is 6.20 Å². The van der Waals surface area contributed by atoms with Crippen molar-refractivity contribution in [2.75, 3.05) is 16.0 Å². The first-order valence-electron chi connectivity index (χ1n) is 8.15. The third-order valence-corrected chi connectivity index (χ3v) is 3.78. The van der Waals surface area contributed by atoms with Crippen LogP contribution in [0.2, 0.25) is 5.02 Å². The predicted molar refractivity (Wildman–Crippen MR) is 105 cm³/mol. The second-order valence-electron chi connectivity index (χ2n) is 5.49. The normalized spacial score (nSPS) is 10.2. The van der Waals surface area contributed by atoms with Crippen LogP contribution in [0.1, 0.15) is 13.3 Å². The molecule has 0 aliphatic carbocycles. The molecule has 2 aromatic carbocycles. The van der Waals surface area contributed by atoms with Crippen molar-refractivity contribution in [2.45, 2.75) is 13.3 Å². The quantitative estimate of drug-likeness (QED) is 0.573. The highest BCUT2D eigenvalue weighted by Crippen LogP contribution is 2.26. The number of nitrogens with zero attached hydrogens (tertiary/aromatic N) is 2. The van der Waals surface area contributed by atoms with Crippen molar-refractivity contribution in [1.29, 1.82) is 0 Å². The SMILES string of the molecule is CCC(=O)Nc1cccc(Nc2nc(Nc3ccccc3)ncc2Cl)c1. The van der Waals surface area contributed by atoms with E-state index in [4.69, 9.17) is 11.6 Å². The van der Waals surface area contributed by atoms with Crippen molar-refractivity contribution in [1.82, 2.24) is 9.97 Å². The van der Waals surface area contributed by atoms with E-state index in [-0.39, 0.29) is 5.91 Å². The molecule has 0 bridgehead atoms. The number of hydrogen-bond donors (Lipinski definition) is 3. The lowest BCUT2D eigenvalue weighted by molar-refractivity contribution is -0.115. The minimum Gasteiger partial charge on any atom is -0.339 e. The Balaban J connectivity index is 1.78. The van der Waals surface area contributed by atoms with Gasteiger partial charge >= 0.3 is 0 Å². The largest absolute Gasteiger partial charge is 0.339 e. The fourth-order valence-corrected chi connectivity index (χ4v) is 2.36. The molecule has 3 N–H and O–H groups in total. The van der Waals surface area contributed by atoms with E-state index in [0.29, 0.717) is 28.9 Å². The topological polar surface area (TPSA) is 78.9 Å². The van der Waals surface area contributed by atoms with Crippen LogP contribution in [0.25, 0.3) is 0 Å². The van der Waals surface area contributed by atoms with Gasteiger partial charge in [0.2, 0.25) is 11.9 Å². The summed E-state index contributed by atoms with van der Waals surface area (Å²) in [5.41, 5.74) is 2.34. The van der Waals surface area contributed by atoms with Crippen molar-refractivity contribution in [2.24, 2.45) is 0 Å². The first-order valence-corrected chi connectivity index (χ1v) is 8.53. The lowest BCUT2D eigenvalue weighted by atomic mass is 10.2. The van der Waals surface area contributed by atoms with Crippen LogP contribution in [0.5, 0.6) is 0 Å². The summed E-state index contributed by atoms with van der Waals surface area (Å²) in [7, 11) is 0. The summed E-state index contributed by atoms with van der Waals surface area (Å²) in [6, 6.07) is 17.0. The Morgan fingerprint density at radius 2 is 1.73 bits per heavy atom. The Morgan fingerprint density at radius 1 is 1.00 bits per heavy atom. The standard InChI is InChI=1S/C19H18ClN5O/c1-2-17(26)22-14-9-6-10-15(11-14)23-18-16(20)12-21-19(25-18)24-13-7-4-3-5-8-13/h3-12H,2H2,1H3,(H,22,26)(H2,21,23,24,25). The summed E-state index contributed by atoms with van der Waals surface area (Å²) in [6.45, 7) is 1.80. The number of carbonyl (C=O) groups is 1. The van der Waals surface area contributed by atoms with E-state index in [1.54, 1.807) is 6.92 Å². The molecular weight excluding hydrogens is 350 g/mol. The predicted octanol–water partition coefficient (Wildman–Crippen LogP) is 4.97. The molecule has 3 rings (SSSR count). The summed E-state index contributed by atoms with van der Waals surface area (Å²) in [5.74, 6) is 0.856. The van der Waals surface area contributed by atoms with Crippen LogP contribution >= 0.6 is 11.6 Å². The molecule has 132 valence electrons. The summed E-state index contributed by atoms with van der Waals surface area (Å²) >= 11 is 6.21. The Bertz CT molecular complexity index is 901. The molecule has 7 heteroatoms. The molecule has 26 heavy (non-hydrogen) atoms. The number of carbonyl (C=O) groups excluding carboxylic acids is 1. The fourth-order valence-electron chi connectivity index (χ4n) is 2.23. The second kappa shape index (κ2) is 8.31. The van der Waals surface area contributed by atoms with Gasteiger partial charge in [0.1, 0.15) is 5.02 Å². The molecule has 1 amide bonds. The maximum Gasteiger partial charge on any atom is 0.229 e. The number of anilines is 5. The Kier molecular flexibility index (Phi) is 5.66. The van der Waals surface area contributed by atoms with Crippen LogP contribution in [-0.2, 0) is 4.79 Å². The van der Waals surface area contributed by atoms with Crippen molar-refractivity contribution in [3.63, 3.8) is 0 Å². The van der Waals surface area contributed by atoms with Crippen LogP contribution < -0.4 is 16.0 Å². The molecule has 6 nitrogen and oxygen atoms in total. The minimum absolute atomic E-state index is 0.0448. The van der Waals surface area contributed by atoms with Gasteiger partial charge in [0, 0.05) is 23.5 Å². The smallest absolute Gasteiger partial charge is 0.229 e. The molecule has 0 aliphatic heterocycles. The number of hydrogen-bond acceptors (Lipinski definition) is 5. The zero-order valence-corrected chi connectivity index (χ0v) is 14.9. The Labute approximate surface area is 156 Å². The number of benzene rings is 2. The van der Waals surface area contributed by atoms with E-state index in [9.17, 15) is 4.79 Å². The zero-order chi connectivity index (χ0) is 18.4. The molecule has 0 unspecified atom stereocenters. The maximum atomic E-state index is 11.5. The van der Waals surface area contributed by atoms with Gasteiger partial charge in [-0.15, -0.1) is 0 Å². The van der Waals surface area contributed by atoms with Crippen LogP contribution in [0.15, 0.2) is 60.8 Å². The Hall–Kier alpha value is -3.12. The summed E-state index contributed by atoms with van der Waals surface area (Å²) in [4.78, 5) is 20.2. The van der Waals surface area contributed by atoms with Gasteiger partial charge in [0.25, 0.3) is 0 Å². The molecular formula is C19H18ClN5O.